The maximum Gasteiger partial charge on any atom is 0.317 e. The van der Waals surface area contributed by atoms with Crippen LogP contribution < -0.4 is 11.1 Å². The highest BCUT2D eigenvalue weighted by atomic mass is 16.2. The summed E-state index contributed by atoms with van der Waals surface area (Å²) >= 11 is 0. The fraction of sp³-hybridized carbons (Fsp3) is 0.833. The lowest BCUT2D eigenvalue weighted by atomic mass is 9.86. The number of fused-ring (bicyclic) bond motifs is 1. The van der Waals surface area contributed by atoms with Gasteiger partial charge in [-0.05, 0) is 5.41 Å². The summed E-state index contributed by atoms with van der Waals surface area (Å²) in [6, 6.07) is -0.413. The highest BCUT2D eigenvalue weighted by molar-refractivity contribution is 5.83. The lowest BCUT2D eigenvalue weighted by molar-refractivity contribution is -0.137. The Labute approximate surface area is 107 Å². The van der Waals surface area contributed by atoms with Crippen molar-refractivity contribution in [3.63, 3.8) is 0 Å². The zero-order chi connectivity index (χ0) is 13.5. The highest BCUT2D eigenvalue weighted by Gasteiger charge is 2.39. The molecule has 0 bridgehead atoms. The molecular weight excluding hydrogens is 232 g/mol. The molecule has 6 nitrogen and oxygen atoms in total. The molecule has 0 aromatic carbocycles. The quantitative estimate of drug-likeness (QED) is 0.668. The van der Waals surface area contributed by atoms with Crippen molar-refractivity contribution in [2.24, 2.45) is 11.1 Å². The second kappa shape index (κ2) is 4.42. The van der Waals surface area contributed by atoms with Gasteiger partial charge >= 0.3 is 6.03 Å². The van der Waals surface area contributed by atoms with Gasteiger partial charge in [0.15, 0.2) is 0 Å². The number of amides is 3. The summed E-state index contributed by atoms with van der Waals surface area (Å²) in [7, 11) is 0. The Bertz CT molecular complexity index is 364. The zero-order valence-electron chi connectivity index (χ0n) is 11.3. The SMILES string of the molecule is CC(C)(C)[C@@H](N)C(=O)N1CCN2C(=O)NCC2C1. The molecule has 2 heterocycles. The van der Waals surface area contributed by atoms with Crippen LogP contribution in [0.5, 0.6) is 0 Å². The van der Waals surface area contributed by atoms with Crippen molar-refractivity contribution in [1.29, 1.82) is 0 Å². The Hall–Kier alpha value is -1.30. The van der Waals surface area contributed by atoms with Gasteiger partial charge in [-0.15, -0.1) is 0 Å². The summed E-state index contributed by atoms with van der Waals surface area (Å²) in [5, 5.41) is 2.80. The average Bonchev–Trinajstić information content (AvgIpc) is 2.67. The Morgan fingerprint density at radius 3 is 2.72 bits per heavy atom. The zero-order valence-corrected chi connectivity index (χ0v) is 11.3. The minimum Gasteiger partial charge on any atom is -0.337 e. The van der Waals surface area contributed by atoms with Crippen LogP contribution in [0.4, 0.5) is 4.79 Å². The van der Waals surface area contributed by atoms with Crippen LogP contribution in [0.3, 0.4) is 0 Å². The van der Waals surface area contributed by atoms with E-state index in [0.717, 1.165) is 0 Å². The molecule has 2 aliphatic heterocycles. The molecule has 18 heavy (non-hydrogen) atoms. The van der Waals surface area contributed by atoms with Crippen LogP contribution in [-0.2, 0) is 4.79 Å². The summed E-state index contributed by atoms with van der Waals surface area (Å²) in [5.41, 5.74) is 5.76. The first kappa shape index (κ1) is 13.1. The molecule has 2 aliphatic rings. The van der Waals surface area contributed by atoms with Gasteiger partial charge in [-0.25, -0.2) is 4.79 Å². The molecule has 2 saturated heterocycles. The predicted octanol–water partition coefficient (Wildman–Crippen LogP) is -0.404. The van der Waals surface area contributed by atoms with Crippen LogP contribution >= 0.6 is 0 Å². The van der Waals surface area contributed by atoms with Gasteiger partial charge in [-0.1, -0.05) is 20.8 Å². The first-order chi connectivity index (χ1) is 8.30. The van der Waals surface area contributed by atoms with E-state index in [2.05, 4.69) is 5.32 Å². The van der Waals surface area contributed by atoms with Gasteiger partial charge in [0.1, 0.15) is 0 Å². The largest absolute Gasteiger partial charge is 0.337 e. The van der Waals surface area contributed by atoms with E-state index in [1.54, 1.807) is 9.80 Å². The van der Waals surface area contributed by atoms with Crippen LogP contribution in [-0.4, -0.2) is 60.0 Å². The summed E-state index contributed by atoms with van der Waals surface area (Å²) < 4.78 is 0. The van der Waals surface area contributed by atoms with E-state index in [4.69, 9.17) is 5.73 Å². The molecule has 1 unspecified atom stereocenters. The van der Waals surface area contributed by atoms with Gasteiger partial charge < -0.3 is 20.9 Å². The molecule has 3 N–H and O–H groups in total. The van der Waals surface area contributed by atoms with Crippen molar-refractivity contribution in [3.05, 3.63) is 0 Å². The smallest absolute Gasteiger partial charge is 0.317 e. The molecule has 0 aromatic heterocycles. The van der Waals surface area contributed by atoms with Crippen molar-refractivity contribution in [2.75, 3.05) is 26.2 Å². The minimum atomic E-state index is -0.492. The van der Waals surface area contributed by atoms with Crippen LogP contribution in [0.15, 0.2) is 0 Å². The first-order valence-corrected chi connectivity index (χ1v) is 6.39. The molecular formula is C12H22N4O2. The van der Waals surface area contributed by atoms with Crippen LogP contribution in [0.2, 0.25) is 0 Å². The number of urea groups is 1. The third kappa shape index (κ3) is 2.29. The molecule has 0 aromatic rings. The summed E-state index contributed by atoms with van der Waals surface area (Å²) in [6.07, 6.45) is 0. The highest BCUT2D eigenvalue weighted by Crippen LogP contribution is 2.21. The van der Waals surface area contributed by atoms with Crippen molar-refractivity contribution in [2.45, 2.75) is 32.9 Å². The summed E-state index contributed by atoms with van der Waals surface area (Å²) in [5.74, 6) is -0.0125. The molecule has 3 amide bonds. The fourth-order valence-electron chi connectivity index (χ4n) is 2.37. The molecule has 0 radical (unpaired) electrons. The maximum atomic E-state index is 12.3. The normalized spacial score (nSPS) is 25.8. The lowest BCUT2D eigenvalue weighted by Gasteiger charge is -2.39. The number of nitrogens with one attached hydrogen (secondary N) is 1. The number of nitrogens with two attached hydrogens (primary N) is 1. The van der Waals surface area contributed by atoms with Gasteiger partial charge in [0.2, 0.25) is 5.91 Å². The fourth-order valence-corrected chi connectivity index (χ4v) is 2.37. The van der Waals surface area contributed by atoms with Crippen molar-refractivity contribution < 1.29 is 9.59 Å². The average molecular weight is 254 g/mol. The van der Waals surface area contributed by atoms with E-state index in [0.29, 0.717) is 26.2 Å². The Balaban J connectivity index is 2.00. The Kier molecular flexibility index (Phi) is 3.23. The van der Waals surface area contributed by atoms with Gasteiger partial charge in [0.05, 0.1) is 12.1 Å². The summed E-state index contributed by atoms with van der Waals surface area (Å²) in [4.78, 5) is 27.3. The summed E-state index contributed by atoms with van der Waals surface area (Å²) in [6.45, 7) is 8.27. The minimum absolute atomic E-state index is 0.0125. The molecule has 0 aliphatic carbocycles. The van der Waals surface area contributed by atoms with Gasteiger partial charge in [0.25, 0.3) is 0 Å². The van der Waals surface area contributed by atoms with E-state index in [1.807, 2.05) is 20.8 Å². The van der Waals surface area contributed by atoms with Gasteiger partial charge in [-0.3, -0.25) is 4.79 Å². The van der Waals surface area contributed by atoms with E-state index in [1.165, 1.54) is 0 Å². The van der Waals surface area contributed by atoms with E-state index in [9.17, 15) is 9.59 Å². The molecule has 2 fully saturated rings. The lowest BCUT2D eigenvalue weighted by Crippen LogP contribution is -2.58. The topological polar surface area (TPSA) is 78.7 Å². The number of hydrogen-bond acceptors (Lipinski definition) is 3. The van der Waals surface area contributed by atoms with Crippen molar-refractivity contribution in [1.82, 2.24) is 15.1 Å². The molecule has 2 atom stereocenters. The van der Waals surface area contributed by atoms with E-state index < -0.39 is 6.04 Å². The first-order valence-electron chi connectivity index (χ1n) is 6.39. The number of hydrogen-bond donors (Lipinski definition) is 2. The van der Waals surface area contributed by atoms with E-state index in [-0.39, 0.29) is 23.4 Å². The van der Waals surface area contributed by atoms with E-state index >= 15 is 0 Å². The third-order valence-corrected chi connectivity index (χ3v) is 3.74. The van der Waals surface area contributed by atoms with Gasteiger partial charge in [-0.2, -0.15) is 0 Å². The monoisotopic (exact) mass is 254 g/mol. The molecule has 0 saturated carbocycles. The standard InChI is InChI=1S/C12H22N4O2/c1-12(2,3)9(13)10(17)15-4-5-16-8(7-15)6-14-11(16)18/h8-9H,4-7,13H2,1-3H3,(H,14,18)/t8?,9-/m0/s1. The second-order valence-corrected chi connectivity index (χ2v) is 6.16. The van der Waals surface area contributed by atoms with Crippen LogP contribution in [0.25, 0.3) is 0 Å². The van der Waals surface area contributed by atoms with Gasteiger partial charge in [0, 0.05) is 26.2 Å². The second-order valence-electron chi connectivity index (χ2n) is 6.16. The predicted molar refractivity (Wildman–Crippen MR) is 67.9 cm³/mol. The number of nitrogens with zero attached hydrogens (tertiary/aromatic N) is 2. The third-order valence-electron chi connectivity index (χ3n) is 3.74. The Morgan fingerprint density at radius 2 is 2.11 bits per heavy atom. The van der Waals surface area contributed by atoms with Crippen LogP contribution in [0, 0.1) is 5.41 Å². The molecule has 2 rings (SSSR count). The maximum absolute atomic E-state index is 12.3. The number of carbonyl (C=O) groups excluding carboxylic acids is 2. The number of piperazine rings is 1. The van der Waals surface area contributed by atoms with Crippen molar-refractivity contribution >= 4 is 11.9 Å². The Morgan fingerprint density at radius 1 is 1.44 bits per heavy atom. The molecule has 0 spiro atoms. The number of carbonyl (C=O) groups is 2. The van der Waals surface area contributed by atoms with Crippen molar-refractivity contribution in [3.8, 4) is 0 Å². The van der Waals surface area contributed by atoms with Crippen LogP contribution in [0.1, 0.15) is 20.8 Å². The molecule has 102 valence electrons. The molecule has 6 heteroatoms. The number of rotatable bonds is 1.